The van der Waals surface area contributed by atoms with Gasteiger partial charge in [-0.1, -0.05) is 31.2 Å². The van der Waals surface area contributed by atoms with Crippen LogP contribution in [0.15, 0.2) is 54.7 Å². The highest BCUT2D eigenvalue weighted by Gasteiger charge is 2.12. The van der Waals surface area contributed by atoms with Crippen LogP contribution in [0.2, 0.25) is 0 Å². The predicted octanol–water partition coefficient (Wildman–Crippen LogP) is 6.04. The minimum Gasteiger partial charge on any atom is -0.490 e. The third kappa shape index (κ3) is 5.53. The van der Waals surface area contributed by atoms with Gasteiger partial charge in [0.15, 0.2) is 0 Å². The summed E-state index contributed by atoms with van der Waals surface area (Å²) in [7, 11) is 0. The van der Waals surface area contributed by atoms with Crippen molar-refractivity contribution in [2.24, 2.45) is 0 Å². The molecular formula is C27H28N2O3. The monoisotopic (exact) mass is 428 g/mol. The lowest BCUT2D eigenvalue weighted by atomic mass is 9.92. The van der Waals surface area contributed by atoms with Crippen LogP contribution in [0, 0.1) is 11.3 Å². The van der Waals surface area contributed by atoms with Gasteiger partial charge < -0.3 is 9.84 Å². The molecule has 0 amide bonds. The first-order valence-electron chi connectivity index (χ1n) is 10.9. The van der Waals surface area contributed by atoms with Crippen LogP contribution >= 0.6 is 0 Å². The van der Waals surface area contributed by atoms with E-state index in [-0.39, 0.29) is 12.5 Å². The van der Waals surface area contributed by atoms with Crippen molar-refractivity contribution in [3.05, 3.63) is 71.4 Å². The van der Waals surface area contributed by atoms with E-state index in [2.05, 4.69) is 30.1 Å². The molecule has 0 unspecified atom stereocenters. The Labute approximate surface area is 189 Å². The highest BCUT2D eigenvalue weighted by atomic mass is 16.5. The molecule has 5 nitrogen and oxygen atoms in total. The fourth-order valence-electron chi connectivity index (χ4n) is 3.84. The molecule has 0 saturated heterocycles. The summed E-state index contributed by atoms with van der Waals surface area (Å²) in [5.41, 5.74) is 6.71. The molecular weight excluding hydrogens is 400 g/mol. The van der Waals surface area contributed by atoms with Gasteiger partial charge in [-0.2, -0.15) is 5.26 Å². The van der Waals surface area contributed by atoms with E-state index in [0.29, 0.717) is 17.7 Å². The highest BCUT2D eigenvalue weighted by molar-refractivity contribution is 5.71. The van der Waals surface area contributed by atoms with Crippen LogP contribution in [0.25, 0.3) is 22.4 Å². The topological polar surface area (TPSA) is 83.2 Å². The van der Waals surface area contributed by atoms with E-state index < -0.39 is 5.97 Å². The van der Waals surface area contributed by atoms with Gasteiger partial charge in [0.05, 0.1) is 17.4 Å². The van der Waals surface area contributed by atoms with Crippen molar-refractivity contribution in [3.8, 4) is 34.2 Å². The standard InChI is InChI=1S/C27H28N2O3/c1-4-23-19(8-6-10-27(30)31)7-5-9-24(23)21-11-13-25(29-17-21)20-12-14-26(32-18(2)3)22(15-20)16-28/h5,7,9,11-15,17-18H,4,6,8,10H2,1-3H3,(H,30,31). The van der Waals surface area contributed by atoms with Crippen molar-refractivity contribution in [2.45, 2.75) is 52.6 Å². The lowest BCUT2D eigenvalue weighted by Crippen LogP contribution is -2.06. The molecule has 3 rings (SSSR count). The largest absolute Gasteiger partial charge is 0.490 e. The third-order valence-corrected chi connectivity index (χ3v) is 5.30. The number of aliphatic carboxylic acids is 1. The van der Waals surface area contributed by atoms with Crippen LogP contribution in [0.5, 0.6) is 5.75 Å². The zero-order valence-corrected chi connectivity index (χ0v) is 18.8. The molecule has 0 aliphatic rings. The van der Waals surface area contributed by atoms with Gasteiger partial charge in [0.25, 0.3) is 0 Å². The fraction of sp³-hybridized carbons (Fsp3) is 0.296. The Kier molecular flexibility index (Phi) is 7.62. The maximum atomic E-state index is 10.9. The Bertz CT molecular complexity index is 1130. The lowest BCUT2D eigenvalue weighted by molar-refractivity contribution is -0.137. The molecule has 1 heterocycles. The van der Waals surface area contributed by atoms with Crippen LogP contribution in [0.4, 0.5) is 0 Å². The number of aryl methyl sites for hydroxylation is 1. The molecule has 5 heteroatoms. The Morgan fingerprint density at radius 1 is 1.16 bits per heavy atom. The van der Waals surface area contributed by atoms with E-state index in [4.69, 9.17) is 9.84 Å². The van der Waals surface area contributed by atoms with Gasteiger partial charge in [-0.15, -0.1) is 0 Å². The highest BCUT2D eigenvalue weighted by Crippen LogP contribution is 2.30. The number of carboxylic acids is 1. The molecule has 1 aromatic heterocycles. The van der Waals surface area contributed by atoms with E-state index in [0.717, 1.165) is 35.2 Å². The van der Waals surface area contributed by atoms with Gasteiger partial charge in [-0.05, 0) is 74.1 Å². The molecule has 0 bridgehead atoms. The van der Waals surface area contributed by atoms with Gasteiger partial charge in [-0.3, -0.25) is 9.78 Å². The number of carboxylic acid groups (broad SMARTS) is 1. The lowest BCUT2D eigenvalue weighted by Gasteiger charge is -2.14. The second kappa shape index (κ2) is 10.6. The van der Waals surface area contributed by atoms with E-state index >= 15 is 0 Å². The van der Waals surface area contributed by atoms with Crippen LogP contribution in [0.1, 0.15) is 50.3 Å². The number of benzene rings is 2. The molecule has 2 aromatic carbocycles. The van der Waals surface area contributed by atoms with Gasteiger partial charge in [0.2, 0.25) is 0 Å². The second-order valence-electron chi connectivity index (χ2n) is 7.97. The Balaban J connectivity index is 1.87. The summed E-state index contributed by atoms with van der Waals surface area (Å²) < 4.78 is 5.71. The van der Waals surface area contributed by atoms with Gasteiger partial charge in [-0.25, -0.2) is 0 Å². The molecule has 0 atom stereocenters. The summed E-state index contributed by atoms with van der Waals surface area (Å²) in [6.07, 6.45) is 4.27. The van der Waals surface area contributed by atoms with E-state index in [1.807, 2.05) is 50.4 Å². The number of hydrogen-bond donors (Lipinski definition) is 1. The Morgan fingerprint density at radius 3 is 2.56 bits per heavy atom. The van der Waals surface area contributed by atoms with Crippen LogP contribution in [-0.4, -0.2) is 22.2 Å². The molecule has 0 aliphatic carbocycles. The molecule has 0 radical (unpaired) electrons. The van der Waals surface area contributed by atoms with E-state index in [9.17, 15) is 10.1 Å². The number of aromatic nitrogens is 1. The van der Waals surface area contributed by atoms with Crippen molar-refractivity contribution in [2.75, 3.05) is 0 Å². The average Bonchev–Trinajstić information content (AvgIpc) is 2.78. The number of nitrogens with zero attached hydrogens (tertiary/aromatic N) is 2. The Morgan fingerprint density at radius 2 is 1.94 bits per heavy atom. The molecule has 1 N–H and O–H groups in total. The molecule has 32 heavy (non-hydrogen) atoms. The van der Waals surface area contributed by atoms with Gasteiger partial charge >= 0.3 is 5.97 Å². The van der Waals surface area contributed by atoms with Crippen molar-refractivity contribution in [1.82, 2.24) is 4.98 Å². The number of nitriles is 1. The van der Waals surface area contributed by atoms with Crippen LogP contribution in [-0.2, 0) is 17.6 Å². The summed E-state index contributed by atoms with van der Waals surface area (Å²) in [6, 6.07) is 17.9. The molecule has 0 spiro atoms. The van der Waals surface area contributed by atoms with E-state index in [1.165, 1.54) is 11.1 Å². The number of pyridine rings is 1. The van der Waals surface area contributed by atoms with Gasteiger partial charge in [0.1, 0.15) is 11.8 Å². The third-order valence-electron chi connectivity index (χ3n) is 5.30. The summed E-state index contributed by atoms with van der Waals surface area (Å²) in [5, 5.41) is 18.4. The average molecular weight is 429 g/mol. The van der Waals surface area contributed by atoms with Crippen molar-refractivity contribution in [1.29, 1.82) is 5.26 Å². The van der Waals surface area contributed by atoms with Gasteiger partial charge in [0, 0.05) is 23.7 Å². The summed E-state index contributed by atoms with van der Waals surface area (Å²) in [6.45, 7) is 5.98. The first kappa shape index (κ1) is 23.0. The van der Waals surface area contributed by atoms with Crippen molar-refractivity contribution >= 4 is 5.97 Å². The molecule has 3 aromatic rings. The number of carbonyl (C=O) groups is 1. The maximum absolute atomic E-state index is 10.9. The molecule has 164 valence electrons. The van der Waals surface area contributed by atoms with Crippen LogP contribution < -0.4 is 4.74 Å². The fourth-order valence-corrected chi connectivity index (χ4v) is 3.84. The zero-order chi connectivity index (χ0) is 23.1. The summed E-state index contributed by atoms with van der Waals surface area (Å²) in [4.78, 5) is 15.5. The molecule has 0 fully saturated rings. The first-order chi connectivity index (χ1) is 15.4. The predicted molar refractivity (Wildman–Crippen MR) is 126 cm³/mol. The number of rotatable bonds is 9. The quantitative estimate of drug-likeness (QED) is 0.449. The Hall–Kier alpha value is -3.65. The smallest absolute Gasteiger partial charge is 0.303 e. The normalized spacial score (nSPS) is 10.7. The minimum atomic E-state index is -0.762. The van der Waals surface area contributed by atoms with Crippen LogP contribution in [0.3, 0.4) is 0 Å². The summed E-state index contributed by atoms with van der Waals surface area (Å²) >= 11 is 0. The minimum absolute atomic E-state index is 0.00184. The van der Waals surface area contributed by atoms with E-state index in [1.54, 1.807) is 6.07 Å². The maximum Gasteiger partial charge on any atom is 0.303 e. The summed E-state index contributed by atoms with van der Waals surface area (Å²) in [5.74, 6) is -0.183. The second-order valence-corrected chi connectivity index (χ2v) is 7.97. The van der Waals surface area contributed by atoms with Crippen molar-refractivity contribution in [3.63, 3.8) is 0 Å². The molecule has 0 aliphatic heterocycles. The number of ether oxygens (including phenoxy) is 1. The molecule has 0 saturated carbocycles. The zero-order valence-electron chi connectivity index (χ0n) is 18.8. The number of hydrogen-bond acceptors (Lipinski definition) is 4. The SMILES string of the molecule is CCc1c(CCCC(=O)O)cccc1-c1ccc(-c2ccc(OC(C)C)c(C#N)c2)nc1. The first-order valence-corrected chi connectivity index (χ1v) is 10.9. The van der Waals surface area contributed by atoms with Crippen molar-refractivity contribution < 1.29 is 14.6 Å².